The van der Waals surface area contributed by atoms with Crippen LogP contribution in [0.5, 0.6) is 5.75 Å². The number of benzene rings is 1. The van der Waals surface area contributed by atoms with Crippen molar-refractivity contribution >= 4 is 27.9 Å². The van der Waals surface area contributed by atoms with E-state index in [4.69, 9.17) is 25.8 Å². The maximum absolute atomic E-state index is 13.8. The topological polar surface area (TPSA) is 88.6 Å². The summed E-state index contributed by atoms with van der Waals surface area (Å²) in [4.78, 5) is 14.8. The van der Waals surface area contributed by atoms with Gasteiger partial charge in [-0.2, -0.15) is 17.0 Å². The van der Waals surface area contributed by atoms with Crippen molar-refractivity contribution in [3.63, 3.8) is 0 Å². The van der Waals surface area contributed by atoms with E-state index in [2.05, 4.69) is 0 Å². The Morgan fingerprint density at radius 3 is 2.36 bits per heavy atom. The lowest BCUT2D eigenvalue weighted by molar-refractivity contribution is -0.0226. The Morgan fingerprint density at radius 1 is 1.08 bits per heavy atom. The van der Waals surface area contributed by atoms with Gasteiger partial charge in [-0.25, -0.2) is 4.79 Å². The molecule has 3 saturated heterocycles. The van der Waals surface area contributed by atoms with Crippen molar-refractivity contribution < 1.29 is 27.4 Å². The summed E-state index contributed by atoms with van der Waals surface area (Å²) < 4.78 is 48.3. The molecule has 1 aromatic rings. The minimum Gasteiger partial charge on any atom is -0.490 e. The van der Waals surface area contributed by atoms with Gasteiger partial charge in [0.15, 0.2) is 0 Å². The number of carbonyl (C=O) groups excluding carboxylic acids is 1. The average Bonchev–Trinajstić information content (AvgIpc) is 3.14. The molecule has 0 saturated carbocycles. The number of piperazine rings is 1. The predicted molar refractivity (Wildman–Crippen MR) is 137 cm³/mol. The minimum atomic E-state index is -3.74. The molecule has 4 rings (SSSR count). The van der Waals surface area contributed by atoms with Crippen LogP contribution in [0.25, 0.3) is 0 Å². The molecule has 11 heteroatoms. The van der Waals surface area contributed by atoms with Crippen molar-refractivity contribution in [2.75, 3.05) is 32.8 Å². The average molecular weight is 544 g/mol. The SMILES string of the molecule is CCOC[C@@H]1[C@@H]2CC[C@H](CN1S(=O)(=O)N1CCC(Oc3ccc(Cl)cc3)CC1)N2C(=O)OC(C)(C)C. The molecule has 0 spiro atoms. The molecule has 3 fully saturated rings. The maximum atomic E-state index is 13.8. The van der Waals surface area contributed by atoms with Crippen molar-refractivity contribution in [3.8, 4) is 5.75 Å². The van der Waals surface area contributed by atoms with Crippen LogP contribution in [-0.4, -0.2) is 90.7 Å². The Kier molecular flexibility index (Phi) is 8.41. The van der Waals surface area contributed by atoms with Gasteiger partial charge in [0.25, 0.3) is 10.2 Å². The van der Waals surface area contributed by atoms with Crippen LogP contribution in [0.4, 0.5) is 4.79 Å². The number of ether oxygens (including phenoxy) is 3. The number of fused-ring (bicyclic) bond motifs is 2. The van der Waals surface area contributed by atoms with Crippen LogP contribution in [-0.2, 0) is 19.7 Å². The molecule has 0 N–H and O–H groups in total. The molecule has 1 amide bonds. The van der Waals surface area contributed by atoms with Crippen molar-refractivity contribution in [3.05, 3.63) is 29.3 Å². The summed E-state index contributed by atoms with van der Waals surface area (Å²) in [6.45, 7) is 9.12. The third kappa shape index (κ3) is 6.10. The van der Waals surface area contributed by atoms with Gasteiger partial charge in [0.05, 0.1) is 18.7 Å². The van der Waals surface area contributed by atoms with E-state index in [-0.39, 0.29) is 37.4 Å². The molecule has 3 aliphatic heterocycles. The van der Waals surface area contributed by atoms with E-state index in [1.54, 1.807) is 25.6 Å². The van der Waals surface area contributed by atoms with E-state index >= 15 is 0 Å². The van der Waals surface area contributed by atoms with Crippen LogP contribution in [0, 0.1) is 0 Å². The first-order valence-corrected chi connectivity index (χ1v) is 14.6. The molecule has 3 atom stereocenters. The fourth-order valence-electron chi connectivity index (χ4n) is 5.34. The largest absolute Gasteiger partial charge is 0.490 e. The van der Waals surface area contributed by atoms with E-state index in [1.165, 1.54) is 0 Å². The summed E-state index contributed by atoms with van der Waals surface area (Å²) in [6, 6.07) is 6.27. The summed E-state index contributed by atoms with van der Waals surface area (Å²) in [5.41, 5.74) is -0.617. The molecule has 2 bridgehead atoms. The van der Waals surface area contributed by atoms with Crippen LogP contribution < -0.4 is 4.74 Å². The standard InChI is InChI=1S/C25H38ClN3O6S/c1-5-33-17-23-22-11-8-19(29(22)24(30)35-25(2,3)4)16-28(23)36(31,32)27-14-12-21(13-15-27)34-20-9-6-18(26)7-10-20/h6-7,9-10,19,21-23H,5,8,11-17H2,1-4H3/t19-,22+,23-/m1/s1. The van der Waals surface area contributed by atoms with Gasteiger partial charge in [0, 0.05) is 37.3 Å². The first-order valence-electron chi connectivity index (χ1n) is 12.8. The molecule has 0 unspecified atom stereocenters. The first kappa shape index (κ1) is 27.4. The molecule has 202 valence electrons. The minimum absolute atomic E-state index is 0.0583. The molecule has 36 heavy (non-hydrogen) atoms. The van der Waals surface area contributed by atoms with Gasteiger partial charge in [-0.05, 0) is 77.6 Å². The smallest absolute Gasteiger partial charge is 0.410 e. The van der Waals surface area contributed by atoms with Gasteiger partial charge in [0.1, 0.15) is 17.5 Å². The van der Waals surface area contributed by atoms with Crippen molar-refractivity contribution in [2.24, 2.45) is 0 Å². The fraction of sp³-hybridized carbons (Fsp3) is 0.720. The van der Waals surface area contributed by atoms with Crippen molar-refractivity contribution in [1.82, 2.24) is 13.5 Å². The lowest BCUT2D eigenvalue weighted by Crippen LogP contribution is -2.66. The fourth-order valence-corrected chi connectivity index (χ4v) is 7.33. The van der Waals surface area contributed by atoms with Crippen LogP contribution in [0.15, 0.2) is 24.3 Å². The van der Waals surface area contributed by atoms with Gasteiger partial charge in [0.2, 0.25) is 0 Å². The number of hydrogen-bond acceptors (Lipinski definition) is 6. The highest BCUT2D eigenvalue weighted by molar-refractivity contribution is 7.86. The molecule has 3 aliphatic rings. The Morgan fingerprint density at radius 2 is 1.75 bits per heavy atom. The Balaban J connectivity index is 1.45. The van der Waals surface area contributed by atoms with Crippen LogP contribution in [0.1, 0.15) is 53.4 Å². The monoisotopic (exact) mass is 543 g/mol. The molecule has 3 heterocycles. The lowest BCUT2D eigenvalue weighted by atomic mass is 10.1. The van der Waals surface area contributed by atoms with E-state index in [0.717, 1.165) is 18.6 Å². The highest BCUT2D eigenvalue weighted by Gasteiger charge is 2.53. The number of amides is 1. The number of piperidine rings is 1. The second kappa shape index (κ2) is 11.0. The zero-order chi connectivity index (χ0) is 26.1. The summed E-state index contributed by atoms with van der Waals surface area (Å²) >= 11 is 5.95. The number of hydrogen-bond donors (Lipinski definition) is 0. The zero-order valence-corrected chi connectivity index (χ0v) is 23.1. The normalized spacial score (nSPS) is 26.2. The molecular formula is C25H38ClN3O6S. The van der Waals surface area contributed by atoms with Crippen LogP contribution in [0.3, 0.4) is 0 Å². The number of rotatable bonds is 7. The summed E-state index contributed by atoms with van der Waals surface area (Å²) in [7, 11) is -3.74. The highest BCUT2D eigenvalue weighted by Crippen LogP contribution is 2.38. The Bertz CT molecular complexity index is 1010. The summed E-state index contributed by atoms with van der Waals surface area (Å²) in [5, 5.41) is 0.644. The predicted octanol–water partition coefficient (Wildman–Crippen LogP) is 3.92. The van der Waals surface area contributed by atoms with Gasteiger partial charge in [-0.3, -0.25) is 4.90 Å². The second-order valence-electron chi connectivity index (χ2n) is 10.7. The lowest BCUT2D eigenvalue weighted by Gasteiger charge is -2.47. The third-order valence-electron chi connectivity index (χ3n) is 6.99. The number of nitrogens with zero attached hydrogens (tertiary/aromatic N) is 3. The zero-order valence-electron chi connectivity index (χ0n) is 21.6. The van der Waals surface area contributed by atoms with E-state index in [9.17, 15) is 13.2 Å². The van der Waals surface area contributed by atoms with Gasteiger partial charge in [-0.1, -0.05) is 11.6 Å². The quantitative estimate of drug-likeness (QED) is 0.518. The summed E-state index contributed by atoms with van der Waals surface area (Å²) in [5.74, 6) is 0.729. The first-order chi connectivity index (χ1) is 17.0. The molecule has 0 radical (unpaired) electrons. The molecule has 9 nitrogen and oxygen atoms in total. The molecular weight excluding hydrogens is 506 g/mol. The number of carbonyl (C=O) groups is 1. The van der Waals surface area contributed by atoms with Gasteiger partial charge in [-0.15, -0.1) is 0 Å². The Labute approximate surface area is 219 Å². The second-order valence-corrected chi connectivity index (χ2v) is 13.0. The van der Waals surface area contributed by atoms with E-state index in [1.807, 2.05) is 39.8 Å². The highest BCUT2D eigenvalue weighted by atomic mass is 35.5. The van der Waals surface area contributed by atoms with Crippen molar-refractivity contribution in [1.29, 1.82) is 0 Å². The maximum Gasteiger partial charge on any atom is 0.410 e. The molecule has 0 aromatic heterocycles. The van der Waals surface area contributed by atoms with Crippen LogP contribution >= 0.6 is 11.6 Å². The van der Waals surface area contributed by atoms with Crippen LogP contribution in [0.2, 0.25) is 5.02 Å². The van der Waals surface area contributed by atoms with Crippen molar-refractivity contribution in [2.45, 2.75) is 83.2 Å². The summed E-state index contributed by atoms with van der Waals surface area (Å²) in [6.07, 6.45) is 2.23. The van der Waals surface area contributed by atoms with Gasteiger partial charge < -0.3 is 14.2 Å². The third-order valence-corrected chi connectivity index (χ3v) is 9.27. The van der Waals surface area contributed by atoms with E-state index < -0.39 is 21.9 Å². The molecule has 1 aromatic carbocycles. The van der Waals surface area contributed by atoms with E-state index in [0.29, 0.717) is 37.6 Å². The number of halogens is 1. The Hall–Kier alpha value is -1.59. The molecule has 0 aliphatic carbocycles. The van der Waals surface area contributed by atoms with Gasteiger partial charge >= 0.3 is 6.09 Å².